The molecule has 2 rings (SSSR count). The average Bonchev–Trinajstić information content (AvgIpc) is 2.56. The zero-order chi connectivity index (χ0) is 9.97. The summed E-state index contributed by atoms with van der Waals surface area (Å²) in [5, 5.41) is 3.47. The molecule has 14 heavy (non-hydrogen) atoms. The Morgan fingerprint density at radius 2 is 2.43 bits per heavy atom. The smallest absolute Gasteiger partial charge is 0.0748 e. The van der Waals surface area contributed by atoms with Gasteiger partial charge in [0, 0.05) is 12.8 Å². The Balaban J connectivity index is 2.07. The quantitative estimate of drug-likeness (QED) is 0.778. The van der Waals surface area contributed by atoms with Crippen molar-refractivity contribution in [1.82, 2.24) is 4.98 Å². The van der Waals surface area contributed by atoms with E-state index in [1.54, 1.807) is 0 Å². The van der Waals surface area contributed by atoms with E-state index in [0.29, 0.717) is 12.1 Å². The molecule has 1 fully saturated rings. The Bertz CT molecular complexity index is 314. The normalized spacial score (nSPS) is 26.4. The van der Waals surface area contributed by atoms with Crippen LogP contribution in [0.4, 0.5) is 5.69 Å². The van der Waals surface area contributed by atoms with E-state index in [2.05, 4.69) is 24.1 Å². The number of anilines is 1. The minimum Gasteiger partial charge on any atom is -0.378 e. The third kappa shape index (κ3) is 1.87. The Hall–Kier alpha value is -1.09. The fourth-order valence-electron chi connectivity index (χ4n) is 1.74. The third-order valence-corrected chi connectivity index (χ3v) is 2.76. The third-order valence-electron chi connectivity index (χ3n) is 2.76. The van der Waals surface area contributed by atoms with Crippen LogP contribution >= 0.6 is 0 Å². The van der Waals surface area contributed by atoms with Crippen LogP contribution in [0.1, 0.15) is 18.9 Å². The van der Waals surface area contributed by atoms with Crippen molar-refractivity contribution in [3.8, 4) is 0 Å². The maximum Gasteiger partial charge on any atom is 0.0748 e. The molecule has 0 spiro atoms. The van der Waals surface area contributed by atoms with Gasteiger partial charge in [-0.2, -0.15) is 0 Å². The lowest BCUT2D eigenvalue weighted by molar-refractivity contribution is 0.121. The van der Waals surface area contributed by atoms with Crippen LogP contribution in [0.3, 0.4) is 0 Å². The lowest BCUT2D eigenvalue weighted by Gasteiger charge is -2.18. The second-order valence-corrected chi connectivity index (χ2v) is 3.81. The Kier molecular flexibility index (Phi) is 2.68. The lowest BCUT2D eigenvalue weighted by atomic mass is 10.1. The van der Waals surface area contributed by atoms with Crippen molar-refractivity contribution in [3.05, 3.63) is 24.0 Å². The highest BCUT2D eigenvalue weighted by atomic mass is 16.5. The summed E-state index contributed by atoms with van der Waals surface area (Å²) in [7, 11) is 0. The van der Waals surface area contributed by atoms with Crippen molar-refractivity contribution in [2.75, 3.05) is 11.9 Å². The van der Waals surface area contributed by atoms with Gasteiger partial charge in [0.2, 0.25) is 0 Å². The summed E-state index contributed by atoms with van der Waals surface area (Å²) in [5.41, 5.74) is 2.36. The summed E-state index contributed by atoms with van der Waals surface area (Å²) >= 11 is 0. The molecule has 1 saturated heterocycles. The first-order chi connectivity index (χ1) is 6.77. The number of hydrogen-bond donors (Lipinski definition) is 1. The van der Waals surface area contributed by atoms with Crippen LogP contribution in [0.2, 0.25) is 0 Å². The molecular formula is C11H16N2O. The Morgan fingerprint density at radius 1 is 1.57 bits per heavy atom. The molecule has 0 saturated carbocycles. The molecule has 2 atom stereocenters. The molecule has 76 valence electrons. The van der Waals surface area contributed by atoms with Crippen LogP contribution in [-0.2, 0) is 4.74 Å². The van der Waals surface area contributed by atoms with Gasteiger partial charge in [-0.05, 0) is 31.9 Å². The predicted molar refractivity (Wildman–Crippen MR) is 56.4 cm³/mol. The highest BCUT2D eigenvalue weighted by Gasteiger charge is 2.24. The predicted octanol–water partition coefficient (Wildman–Crippen LogP) is 1.98. The molecule has 0 radical (unpaired) electrons. The van der Waals surface area contributed by atoms with Crippen molar-refractivity contribution in [2.24, 2.45) is 0 Å². The fourth-order valence-corrected chi connectivity index (χ4v) is 1.74. The molecular weight excluding hydrogens is 176 g/mol. The summed E-state index contributed by atoms with van der Waals surface area (Å²) < 4.78 is 5.49. The fraction of sp³-hybridized carbons (Fsp3) is 0.545. The van der Waals surface area contributed by atoms with Gasteiger partial charge in [0.15, 0.2) is 0 Å². The first-order valence-corrected chi connectivity index (χ1v) is 5.06. The van der Waals surface area contributed by atoms with Gasteiger partial charge in [-0.3, -0.25) is 4.98 Å². The Labute approximate surface area is 84.5 Å². The maximum absolute atomic E-state index is 5.49. The van der Waals surface area contributed by atoms with Gasteiger partial charge in [-0.1, -0.05) is 0 Å². The number of nitrogens with one attached hydrogen (secondary N) is 1. The SMILES string of the molecule is Cc1ccncc1NC1CCOC1C. The van der Waals surface area contributed by atoms with E-state index >= 15 is 0 Å². The van der Waals surface area contributed by atoms with E-state index in [1.807, 2.05) is 18.5 Å². The minimum atomic E-state index is 0.301. The van der Waals surface area contributed by atoms with Gasteiger partial charge >= 0.3 is 0 Å². The van der Waals surface area contributed by atoms with Crippen molar-refractivity contribution in [3.63, 3.8) is 0 Å². The second-order valence-electron chi connectivity index (χ2n) is 3.81. The number of hydrogen-bond acceptors (Lipinski definition) is 3. The van der Waals surface area contributed by atoms with E-state index in [1.165, 1.54) is 5.56 Å². The highest BCUT2D eigenvalue weighted by molar-refractivity contribution is 5.49. The van der Waals surface area contributed by atoms with Crippen molar-refractivity contribution in [1.29, 1.82) is 0 Å². The van der Waals surface area contributed by atoms with Crippen LogP contribution in [0, 0.1) is 6.92 Å². The number of aromatic nitrogens is 1. The minimum absolute atomic E-state index is 0.301. The molecule has 1 N–H and O–H groups in total. The van der Waals surface area contributed by atoms with Crippen LogP contribution in [-0.4, -0.2) is 23.7 Å². The number of rotatable bonds is 2. The van der Waals surface area contributed by atoms with Gasteiger partial charge in [0.25, 0.3) is 0 Å². The highest BCUT2D eigenvalue weighted by Crippen LogP contribution is 2.20. The summed E-state index contributed by atoms with van der Waals surface area (Å²) in [6.45, 7) is 5.05. The van der Waals surface area contributed by atoms with E-state index in [9.17, 15) is 0 Å². The number of nitrogens with zero attached hydrogens (tertiary/aromatic N) is 1. The standard InChI is InChI=1S/C11H16N2O/c1-8-3-5-12-7-11(8)13-10-4-6-14-9(10)2/h3,5,7,9-10,13H,4,6H2,1-2H3. The molecule has 3 heteroatoms. The largest absolute Gasteiger partial charge is 0.378 e. The van der Waals surface area contributed by atoms with Gasteiger partial charge in [0.05, 0.1) is 24.0 Å². The summed E-state index contributed by atoms with van der Waals surface area (Å²) in [6.07, 6.45) is 5.07. The first kappa shape index (κ1) is 9.46. The van der Waals surface area contributed by atoms with Crippen LogP contribution in [0.15, 0.2) is 18.5 Å². The topological polar surface area (TPSA) is 34.2 Å². The molecule has 1 aliphatic rings. The average molecular weight is 192 g/mol. The number of pyridine rings is 1. The van der Waals surface area contributed by atoms with E-state index < -0.39 is 0 Å². The van der Waals surface area contributed by atoms with E-state index in [4.69, 9.17) is 4.74 Å². The monoisotopic (exact) mass is 192 g/mol. The molecule has 2 heterocycles. The van der Waals surface area contributed by atoms with Crippen molar-refractivity contribution in [2.45, 2.75) is 32.4 Å². The molecule has 2 unspecified atom stereocenters. The zero-order valence-electron chi connectivity index (χ0n) is 8.66. The van der Waals surface area contributed by atoms with Crippen LogP contribution in [0.25, 0.3) is 0 Å². The molecule has 1 aromatic heterocycles. The molecule has 0 bridgehead atoms. The summed E-state index contributed by atoms with van der Waals surface area (Å²) in [5.74, 6) is 0. The summed E-state index contributed by atoms with van der Waals surface area (Å²) in [6, 6.07) is 2.45. The van der Waals surface area contributed by atoms with Crippen molar-refractivity contribution >= 4 is 5.69 Å². The van der Waals surface area contributed by atoms with Crippen LogP contribution < -0.4 is 5.32 Å². The number of ether oxygens (including phenoxy) is 1. The lowest BCUT2D eigenvalue weighted by Crippen LogP contribution is -2.27. The van der Waals surface area contributed by atoms with Gasteiger partial charge in [-0.15, -0.1) is 0 Å². The van der Waals surface area contributed by atoms with E-state index in [-0.39, 0.29) is 0 Å². The molecule has 0 aliphatic carbocycles. The molecule has 3 nitrogen and oxygen atoms in total. The molecule has 1 aromatic rings. The van der Waals surface area contributed by atoms with Crippen LogP contribution in [0.5, 0.6) is 0 Å². The molecule has 0 aromatic carbocycles. The molecule has 1 aliphatic heterocycles. The van der Waals surface area contributed by atoms with Gasteiger partial charge in [-0.25, -0.2) is 0 Å². The van der Waals surface area contributed by atoms with Gasteiger partial charge in [0.1, 0.15) is 0 Å². The second kappa shape index (κ2) is 3.96. The number of aryl methyl sites for hydroxylation is 1. The van der Waals surface area contributed by atoms with Gasteiger partial charge < -0.3 is 10.1 Å². The summed E-state index contributed by atoms with van der Waals surface area (Å²) in [4.78, 5) is 4.11. The molecule has 0 amide bonds. The zero-order valence-corrected chi connectivity index (χ0v) is 8.66. The maximum atomic E-state index is 5.49. The first-order valence-electron chi connectivity index (χ1n) is 5.06. The Morgan fingerprint density at radius 3 is 3.07 bits per heavy atom. The van der Waals surface area contributed by atoms with Crippen molar-refractivity contribution < 1.29 is 4.74 Å². The van der Waals surface area contributed by atoms with E-state index in [0.717, 1.165) is 18.7 Å².